The summed E-state index contributed by atoms with van der Waals surface area (Å²) >= 11 is 1.21. The highest BCUT2D eigenvalue weighted by molar-refractivity contribution is 7.12. The van der Waals surface area contributed by atoms with Gasteiger partial charge in [0.2, 0.25) is 5.78 Å². The second-order valence-electron chi connectivity index (χ2n) is 6.78. The van der Waals surface area contributed by atoms with Crippen molar-refractivity contribution in [3.8, 4) is 0 Å². The molecule has 3 rings (SSSR count). The number of ketones is 1. The van der Waals surface area contributed by atoms with Gasteiger partial charge in [0.1, 0.15) is 0 Å². The Morgan fingerprint density at radius 2 is 2.07 bits per heavy atom. The minimum Gasteiger partial charge on any atom is -0.503 e. The van der Waals surface area contributed by atoms with Crippen LogP contribution in [-0.4, -0.2) is 53.8 Å². The van der Waals surface area contributed by atoms with Gasteiger partial charge in [-0.25, -0.2) is 0 Å². The molecule has 0 aliphatic carbocycles. The topological polar surface area (TPSA) is 105 Å². The third-order valence-corrected chi connectivity index (χ3v) is 5.41. The maximum atomic E-state index is 13.0. The number of rotatable bonds is 7. The van der Waals surface area contributed by atoms with E-state index in [4.69, 9.17) is 0 Å². The number of Topliss-reactive ketones (excluding diaryl/α,β-unsaturated/α-hetero) is 1. The van der Waals surface area contributed by atoms with Crippen LogP contribution in [0.5, 0.6) is 0 Å². The molecule has 146 valence electrons. The zero-order chi connectivity index (χ0) is 20.4. The van der Waals surface area contributed by atoms with E-state index in [1.807, 2.05) is 14.1 Å². The number of non-ortho nitro benzene ring substituents is 1. The van der Waals surface area contributed by atoms with E-state index in [-0.39, 0.29) is 11.3 Å². The molecule has 1 aromatic heterocycles. The maximum absolute atomic E-state index is 13.0. The summed E-state index contributed by atoms with van der Waals surface area (Å²) in [6.07, 6.45) is 0. The number of nitrogens with one attached hydrogen (secondary N) is 1. The van der Waals surface area contributed by atoms with E-state index in [2.05, 4.69) is 0 Å². The monoisotopic (exact) mass is 402 g/mol. The van der Waals surface area contributed by atoms with Gasteiger partial charge in [-0.3, -0.25) is 19.7 Å². The minimum absolute atomic E-state index is 0.0401. The SMILES string of the molecule is C[NH+](C)CCN1C(=O)C(O)=C(C(=O)c2cccs2)[C@@H]1c1cccc([N+](=O)[O-])c1. The molecule has 1 amide bonds. The molecule has 8 nitrogen and oxygen atoms in total. The fourth-order valence-electron chi connectivity index (χ4n) is 3.16. The zero-order valence-electron chi connectivity index (χ0n) is 15.4. The largest absolute Gasteiger partial charge is 0.503 e. The molecule has 0 unspecified atom stereocenters. The van der Waals surface area contributed by atoms with E-state index in [1.165, 1.54) is 34.4 Å². The summed E-state index contributed by atoms with van der Waals surface area (Å²) < 4.78 is 0. The Balaban J connectivity index is 2.09. The molecular formula is C19H20N3O5S+. The first kappa shape index (κ1) is 19.7. The van der Waals surface area contributed by atoms with E-state index in [1.54, 1.807) is 23.6 Å². The first-order chi connectivity index (χ1) is 13.3. The lowest BCUT2D eigenvalue weighted by molar-refractivity contribution is -0.857. The van der Waals surface area contributed by atoms with Crippen LogP contribution in [0.25, 0.3) is 0 Å². The van der Waals surface area contributed by atoms with Crippen LogP contribution >= 0.6 is 11.3 Å². The Morgan fingerprint density at radius 1 is 1.32 bits per heavy atom. The van der Waals surface area contributed by atoms with Gasteiger partial charge in [-0.2, -0.15) is 0 Å². The molecule has 0 saturated heterocycles. The Hall–Kier alpha value is -3.04. The number of aliphatic hydroxyl groups is 1. The van der Waals surface area contributed by atoms with E-state index < -0.39 is 28.4 Å². The van der Waals surface area contributed by atoms with Crippen LogP contribution in [0.4, 0.5) is 5.69 Å². The van der Waals surface area contributed by atoms with Crippen molar-refractivity contribution in [2.24, 2.45) is 0 Å². The Kier molecular flexibility index (Phi) is 5.57. The average molecular weight is 402 g/mol. The fraction of sp³-hybridized carbons (Fsp3) is 0.263. The van der Waals surface area contributed by atoms with Gasteiger partial charge >= 0.3 is 0 Å². The van der Waals surface area contributed by atoms with Gasteiger partial charge < -0.3 is 14.9 Å². The van der Waals surface area contributed by atoms with Crippen molar-refractivity contribution in [2.45, 2.75) is 6.04 Å². The molecule has 2 N–H and O–H groups in total. The highest BCUT2D eigenvalue weighted by Crippen LogP contribution is 2.40. The second-order valence-corrected chi connectivity index (χ2v) is 7.73. The molecular weight excluding hydrogens is 382 g/mol. The summed E-state index contributed by atoms with van der Waals surface area (Å²) in [5.74, 6) is -1.68. The van der Waals surface area contributed by atoms with Crippen molar-refractivity contribution < 1.29 is 24.5 Å². The number of benzene rings is 1. The normalized spacial score (nSPS) is 16.9. The van der Waals surface area contributed by atoms with Crippen LogP contribution in [0.2, 0.25) is 0 Å². The number of carbonyl (C=O) groups excluding carboxylic acids is 2. The molecule has 0 radical (unpaired) electrons. The predicted octanol–water partition coefficient (Wildman–Crippen LogP) is 1.38. The molecule has 1 aliphatic rings. The molecule has 1 aliphatic heterocycles. The summed E-state index contributed by atoms with van der Waals surface area (Å²) in [5.41, 5.74) is 0.236. The predicted molar refractivity (Wildman–Crippen MR) is 104 cm³/mol. The molecule has 0 spiro atoms. The summed E-state index contributed by atoms with van der Waals surface area (Å²) in [6.45, 7) is 0.880. The highest BCUT2D eigenvalue weighted by Gasteiger charge is 2.44. The lowest BCUT2D eigenvalue weighted by atomic mass is 9.95. The lowest BCUT2D eigenvalue weighted by Crippen LogP contribution is -3.06. The van der Waals surface area contributed by atoms with Crippen LogP contribution in [0.15, 0.2) is 53.1 Å². The number of carbonyl (C=O) groups is 2. The number of aliphatic hydroxyl groups excluding tert-OH is 1. The summed E-state index contributed by atoms with van der Waals surface area (Å²) in [5, 5.41) is 23.4. The average Bonchev–Trinajstić information content (AvgIpc) is 3.28. The van der Waals surface area contributed by atoms with Crippen LogP contribution in [0.3, 0.4) is 0 Å². The van der Waals surface area contributed by atoms with Gasteiger partial charge in [0.25, 0.3) is 11.6 Å². The molecule has 1 atom stereocenters. The number of nitro benzene ring substituents is 1. The van der Waals surface area contributed by atoms with Crippen molar-refractivity contribution in [1.82, 2.24) is 4.90 Å². The molecule has 2 aromatic rings. The molecule has 28 heavy (non-hydrogen) atoms. The maximum Gasteiger partial charge on any atom is 0.290 e. The molecule has 0 fully saturated rings. The second kappa shape index (κ2) is 7.91. The van der Waals surface area contributed by atoms with Crippen molar-refractivity contribution in [3.05, 3.63) is 73.7 Å². The minimum atomic E-state index is -0.874. The number of hydrogen-bond donors (Lipinski definition) is 2. The Labute approximate surface area is 165 Å². The smallest absolute Gasteiger partial charge is 0.290 e. The van der Waals surface area contributed by atoms with Gasteiger partial charge in [-0.05, 0) is 17.0 Å². The first-order valence-electron chi connectivity index (χ1n) is 8.67. The fourth-order valence-corrected chi connectivity index (χ4v) is 3.83. The molecule has 1 aromatic carbocycles. The zero-order valence-corrected chi connectivity index (χ0v) is 16.2. The van der Waals surface area contributed by atoms with Gasteiger partial charge in [-0.15, -0.1) is 11.3 Å². The van der Waals surface area contributed by atoms with Crippen LogP contribution in [-0.2, 0) is 4.79 Å². The third-order valence-electron chi connectivity index (χ3n) is 4.54. The van der Waals surface area contributed by atoms with Crippen molar-refractivity contribution in [3.63, 3.8) is 0 Å². The third kappa shape index (κ3) is 3.67. The number of amides is 1. The first-order valence-corrected chi connectivity index (χ1v) is 9.55. The number of nitrogens with zero attached hydrogens (tertiary/aromatic N) is 2. The number of likely N-dealkylation sites (N-methyl/N-ethyl adjacent to an activating group) is 1. The molecule has 9 heteroatoms. The lowest BCUT2D eigenvalue weighted by Gasteiger charge is -2.26. The highest BCUT2D eigenvalue weighted by atomic mass is 32.1. The molecule has 0 bridgehead atoms. The van der Waals surface area contributed by atoms with Gasteiger partial charge in [0.15, 0.2) is 5.76 Å². The molecule has 0 saturated carbocycles. The van der Waals surface area contributed by atoms with E-state index in [0.717, 1.165) is 4.90 Å². The number of quaternary nitrogens is 1. The van der Waals surface area contributed by atoms with Gasteiger partial charge in [0.05, 0.1) is 48.6 Å². The van der Waals surface area contributed by atoms with E-state index >= 15 is 0 Å². The summed E-state index contributed by atoms with van der Waals surface area (Å²) in [6, 6.07) is 8.28. The van der Waals surface area contributed by atoms with E-state index in [0.29, 0.717) is 23.5 Å². The Morgan fingerprint density at radius 3 is 2.68 bits per heavy atom. The number of thiophene rings is 1. The standard InChI is InChI=1S/C19H19N3O5S/c1-20(2)8-9-21-16(12-5-3-6-13(11-12)22(26)27)15(18(24)19(21)25)17(23)14-7-4-10-28-14/h3-7,10-11,16,24H,8-9H2,1-2H3/p+1/t16-/m0/s1. The van der Waals surface area contributed by atoms with Crippen LogP contribution < -0.4 is 4.90 Å². The van der Waals surface area contributed by atoms with Crippen LogP contribution in [0, 0.1) is 10.1 Å². The quantitative estimate of drug-likeness (QED) is 0.414. The summed E-state index contributed by atoms with van der Waals surface area (Å²) in [7, 11) is 3.85. The van der Waals surface area contributed by atoms with Gasteiger partial charge in [-0.1, -0.05) is 18.2 Å². The van der Waals surface area contributed by atoms with Crippen molar-refractivity contribution in [2.75, 3.05) is 27.2 Å². The summed E-state index contributed by atoms with van der Waals surface area (Å²) in [4.78, 5) is 39.3. The van der Waals surface area contributed by atoms with Crippen molar-refractivity contribution in [1.29, 1.82) is 0 Å². The van der Waals surface area contributed by atoms with Crippen LogP contribution in [0.1, 0.15) is 21.3 Å². The Bertz CT molecular complexity index is 952. The number of nitro groups is 1. The van der Waals surface area contributed by atoms with Crippen molar-refractivity contribution >= 4 is 28.7 Å². The number of hydrogen-bond acceptors (Lipinski definition) is 6. The van der Waals surface area contributed by atoms with Gasteiger partial charge in [0, 0.05) is 12.1 Å². The molecule has 2 heterocycles. The van der Waals surface area contributed by atoms with E-state index in [9.17, 15) is 24.8 Å².